The van der Waals surface area contributed by atoms with E-state index >= 15 is 0 Å². The Bertz CT molecular complexity index is 562. The fraction of sp³-hybridized carbons (Fsp3) is 0.333. The molecule has 0 fully saturated rings. The molecule has 2 aromatic rings. The minimum atomic E-state index is 0.805. The second-order valence-corrected chi connectivity index (χ2v) is 5.54. The van der Waals surface area contributed by atoms with E-state index in [9.17, 15) is 0 Å². The van der Waals surface area contributed by atoms with Crippen molar-refractivity contribution >= 4 is 38.4 Å². The van der Waals surface area contributed by atoms with Crippen molar-refractivity contribution in [3.8, 4) is 0 Å². The zero-order valence-corrected chi connectivity index (χ0v) is 11.3. The molecule has 0 atom stereocenters. The Kier molecular flexibility index (Phi) is 2.50. The summed E-state index contributed by atoms with van der Waals surface area (Å²) < 4.78 is 3.58. The van der Waals surface area contributed by atoms with E-state index in [-0.39, 0.29) is 0 Å². The van der Waals surface area contributed by atoms with E-state index < -0.39 is 0 Å². The summed E-state index contributed by atoms with van der Waals surface area (Å²) in [6.45, 7) is 3.12. The Morgan fingerprint density at radius 3 is 2.94 bits per heavy atom. The van der Waals surface area contributed by atoms with Gasteiger partial charge in [0.05, 0.1) is 5.52 Å². The van der Waals surface area contributed by atoms with Gasteiger partial charge in [0.1, 0.15) is 0 Å². The molecule has 16 heavy (non-hydrogen) atoms. The average Bonchev–Trinajstić information content (AvgIpc) is 2.52. The second kappa shape index (κ2) is 3.76. The maximum absolute atomic E-state index is 6.06. The number of rotatable bonds is 0. The van der Waals surface area contributed by atoms with Gasteiger partial charge in [-0.2, -0.15) is 0 Å². The van der Waals surface area contributed by atoms with Crippen LogP contribution in [0, 0.1) is 0 Å². The lowest BCUT2D eigenvalue weighted by Crippen LogP contribution is -2.30. The molecule has 2 heterocycles. The van der Waals surface area contributed by atoms with E-state index in [1.54, 1.807) is 0 Å². The van der Waals surface area contributed by atoms with Crippen LogP contribution in [-0.2, 0) is 13.1 Å². The minimum Gasteiger partial charge on any atom is -0.341 e. The molecule has 0 bridgehead atoms. The first-order valence-electron chi connectivity index (χ1n) is 5.31. The first-order valence-corrected chi connectivity index (χ1v) is 6.48. The topological polar surface area (TPSA) is 8.17 Å². The van der Waals surface area contributed by atoms with E-state index in [1.165, 1.54) is 21.1 Å². The molecule has 0 radical (unpaired) electrons. The van der Waals surface area contributed by atoms with Gasteiger partial charge in [0.15, 0.2) is 0 Å². The van der Waals surface area contributed by atoms with Gasteiger partial charge >= 0.3 is 0 Å². The molecule has 0 saturated heterocycles. The van der Waals surface area contributed by atoms with Crippen LogP contribution in [0.15, 0.2) is 22.7 Å². The van der Waals surface area contributed by atoms with Crippen LogP contribution in [0.25, 0.3) is 10.9 Å². The predicted octanol–water partition coefficient (Wildman–Crippen LogP) is 3.50. The van der Waals surface area contributed by atoms with Gasteiger partial charge in [-0.05, 0) is 35.1 Å². The van der Waals surface area contributed by atoms with Crippen molar-refractivity contribution in [2.75, 3.05) is 13.6 Å². The molecule has 1 aromatic carbocycles. The fourth-order valence-electron chi connectivity index (χ4n) is 2.35. The highest BCUT2D eigenvalue weighted by atomic mass is 79.9. The van der Waals surface area contributed by atoms with Crippen molar-refractivity contribution in [1.29, 1.82) is 0 Å². The Morgan fingerprint density at radius 2 is 2.12 bits per heavy atom. The molecular formula is C12H12BrClN2. The summed E-state index contributed by atoms with van der Waals surface area (Å²) >= 11 is 9.76. The molecule has 0 saturated carbocycles. The van der Waals surface area contributed by atoms with Gasteiger partial charge in [0.2, 0.25) is 0 Å². The number of hydrogen-bond acceptors (Lipinski definition) is 1. The maximum Gasteiger partial charge on any atom is 0.0510 e. The molecular weight excluding hydrogens is 288 g/mol. The highest BCUT2D eigenvalue weighted by Crippen LogP contribution is 2.34. The summed E-state index contributed by atoms with van der Waals surface area (Å²) in [4.78, 5) is 2.33. The number of halogens is 2. The lowest BCUT2D eigenvalue weighted by Gasteiger charge is -2.25. The quantitative estimate of drug-likeness (QED) is 0.723. The Morgan fingerprint density at radius 1 is 1.31 bits per heavy atom. The van der Waals surface area contributed by atoms with Crippen LogP contribution in [0.3, 0.4) is 0 Å². The first-order chi connectivity index (χ1) is 7.66. The van der Waals surface area contributed by atoms with E-state index in [4.69, 9.17) is 11.6 Å². The molecule has 1 aliphatic heterocycles. The predicted molar refractivity (Wildman–Crippen MR) is 71.0 cm³/mol. The van der Waals surface area contributed by atoms with Crippen molar-refractivity contribution in [2.24, 2.45) is 0 Å². The summed E-state index contributed by atoms with van der Waals surface area (Å²) in [5.74, 6) is 0. The van der Waals surface area contributed by atoms with Crippen molar-refractivity contribution < 1.29 is 0 Å². The van der Waals surface area contributed by atoms with Crippen molar-refractivity contribution in [2.45, 2.75) is 13.1 Å². The Hall–Kier alpha value is -0.510. The zero-order valence-electron chi connectivity index (χ0n) is 9.00. The van der Waals surface area contributed by atoms with Crippen LogP contribution in [-0.4, -0.2) is 23.1 Å². The van der Waals surface area contributed by atoms with Crippen molar-refractivity contribution in [3.63, 3.8) is 0 Å². The lowest BCUT2D eigenvalue weighted by atomic mass is 10.2. The standard InChI is InChI=1S/C12H12BrClN2/c1-15-4-5-16-10-6-8(14)2-3-9(10)12(13)11(16)7-15/h2-3,6H,4-5,7H2,1H3. The van der Waals surface area contributed by atoms with Gasteiger partial charge < -0.3 is 4.57 Å². The summed E-state index contributed by atoms with van der Waals surface area (Å²) in [7, 11) is 2.15. The summed E-state index contributed by atoms with van der Waals surface area (Å²) in [5.41, 5.74) is 2.59. The van der Waals surface area contributed by atoms with E-state index in [0.29, 0.717) is 0 Å². The molecule has 2 nitrogen and oxygen atoms in total. The second-order valence-electron chi connectivity index (χ2n) is 4.31. The number of hydrogen-bond donors (Lipinski definition) is 0. The average molecular weight is 300 g/mol. The van der Waals surface area contributed by atoms with Gasteiger partial charge in [0, 0.05) is 40.2 Å². The Labute approximate surface area is 108 Å². The summed E-state index contributed by atoms with van der Waals surface area (Å²) in [6, 6.07) is 6.09. The van der Waals surface area contributed by atoms with Crippen LogP contribution in [0.1, 0.15) is 5.69 Å². The van der Waals surface area contributed by atoms with Crippen LogP contribution in [0.4, 0.5) is 0 Å². The van der Waals surface area contributed by atoms with Gasteiger partial charge in [-0.25, -0.2) is 0 Å². The highest BCUT2D eigenvalue weighted by Gasteiger charge is 2.20. The number of benzene rings is 1. The lowest BCUT2D eigenvalue weighted by molar-refractivity contribution is 0.272. The van der Waals surface area contributed by atoms with E-state index in [1.807, 2.05) is 6.07 Å². The summed E-state index contributed by atoms with van der Waals surface area (Å²) in [6.07, 6.45) is 0. The largest absolute Gasteiger partial charge is 0.341 e. The molecule has 0 spiro atoms. The van der Waals surface area contributed by atoms with Gasteiger partial charge in [0.25, 0.3) is 0 Å². The van der Waals surface area contributed by atoms with Crippen molar-refractivity contribution in [1.82, 2.24) is 9.47 Å². The normalized spacial score (nSPS) is 16.7. The molecule has 0 unspecified atom stereocenters. The Balaban J connectivity index is 2.32. The van der Waals surface area contributed by atoms with Gasteiger partial charge in [-0.3, -0.25) is 4.90 Å². The van der Waals surface area contributed by atoms with Gasteiger partial charge in [-0.15, -0.1) is 0 Å². The molecule has 1 aromatic heterocycles. The van der Waals surface area contributed by atoms with Crippen LogP contribution in [0.2, 0.25) is 5.02 Å². The number of aromatic nitrogens is 1. The molecule has 0 N–H and O–H groups in total. The van der Waals surface area contributed by atoms with E-state index in [0.717, 1.165) is 24.7 Å². The third-order valence-electron chi connectivity index (χ3n) is 3.19. The third-order valence-corrected chi connectivity index (χ3v) is 4.31. The molecule has 1 aliphatic rings. The number of nitrogens with zero attached hydrogens (tertiary/aromatic N) is 2. The first kappa shape index (κ1) is 10.6. The van der Waals surface area contributed by atoms with Crippen molar-refractivity contribution in [3.05, 3.63) is 33.4 Å². The SMILES string of the molecule is CN1CCn2c(c(Br)c3ccc(Cl)cc32)C1. The fourth-order valence-corrected chi connectivity index (χ4v) is 3.19. The zero-order chi connectivity index (χ0) is 11.3. The summed E-state index contributed by atoms with van der Waals surface area (Å²) in [5, 5.41) is 2.06. The smallest absolute Gasteiger partial charge is 0.0510 e. The molecule has 0 aliphatic carbocycles. The monoisotopic (exact) mass is 298 g/mol. The van der Waals surface area contributed by atoms with E-state index in [2.05, 4.69) is 44.6 Å². The molecule has 4 heteroatoms. The maximum atomic E-state index is 6.06. The molecule has 0 amide bonds. The van der Waals surface area contributed by atoms with Gasteiger partial charge in [-0.1, -0.05) is 17.7 Å². The van der Waals surface area contributed by atoms with Crippen LogP contribution in [0.5, 0.6) is 0 Å². The number of fused-ring (bicyclic) bond motifs is 3. The minimum absolute atomic E-state index is 0.805. The number of likely N-dealkylation sites (N-methyl/N-ethyl adjacent to an activating group) is 1. The van der Waals surface area contributed by atoms with Crippen LogP contribution < -0.4 is 0 Å². The third kappa shape index (κ3) is 1.50. The highest BCUT2D eigenvalue weighted by molar-refractivity contribution is 9.10. The molecule has 84 valence electrons. The van der Waals surface area contributed by atoms with Crippen LogP contribution >= 0.6 is 27.5 Å². The molecule has 3 rings (SSSR count).